The van der Waals surface area contributed by atoms with E-state index in [-0.39, 0.29) is 24.1 Å². The van der Waals surface area contributed by atoms with Crippen molar-refractivity contribution in [2.24, 2.45) is 0 Å². The van der Waals surface area contributed by atoms with Crippen molar-refractivity contribution in [3.8, 4) is 0 Å². The zero-order valence-corrected chi connectivity index (χ0v) is 20.5. The summed E-state index contributed by atoms with van der Waals surface area (Å²) in [6.45, 7) is 9.45. The third-order valence-corrected chi connectivity index (χ3v) is 7.23. The van der Waals surface area contributed by atoms with Crippen LogP contribution in [0.5, 0.6) is 0 Å². The van der Waals surface area contributed by atoms with Crippen LogP contribution in [0, 0.1) is 0 Å². The number of anilines is 1. The number of nitrogens with one attached hydrogen (secondary N) is 2. The maximum absolute atomic E-state index is 12.9. The maximum atomic E-state index is 12.9. The van der Waals surface area contributed by atoms with Crippen LogP contribution in [-0.4, -0.2) is 74.2 Å². The van der Waals surface area contributed by atoms with Gasteiger partial charge in [-0.25, -0.2) is 12.7 Å². The van der Waals surface area contributed by atoms with Crippen LogP contribution in [0.4, 0.5) is 5.88 Å². The van der Waals surface area contributed by atoms with E-state index in [0.717, 1.165) is 25.9 Å². The van der Waals surface area contributed by atoms with Gasteiger partial charge in [-0.2, -0.15) is 0 Å². The molecule has 3 heterocycles. The molecule has 2 aliphatic heterocycles. The number of nitrogens with zero attached hydrogens (tertiary/aromatic N) is 2. The number of ether oxygens (including phenoxy) is 2. The molecule has 32 heavy (non-hydrogen) atoms. The van der Waals surface area contributed by atoms with Gasteiger partial charge in [0, 0.05) is 37.2 Å². The molecule has 2 saturated heterocycles. The van der Waals surface area contributed by atoms with Crippen molar-refractivity contribution in [1.82, 2.24) is 14.8 Å². The molecule has 0 bridgehead atoms. The molecule has 2 aliphatic rings. The molecule has 2 N–H and O–H groups in total. The van der Waals surface area contributed by atoms with E-state index < -0.39 is 21.0 Å². The zero-order valence-electron chi connectivity index (χ0n) is 19.6. The normalized spacial score (nSPS) is 23.4. The lowest BCUT2D eigenvalue weighted by molar-refractivity contribution is -0.170. The smallest absolute Gasteiger partial charge is 0.246 e. The number of aromatic nitrogens is 1. The van der Waals surface area contributed by atoms with Gasteiger partial charge in [0.2, 0.25) is 21.8 Å². The van der Waals surface area contributed by atoms with E-state index in [2.05, 4.69) is 15.8 Å². The van der Waals surface area contributed by atoms with Gasteiger partial charge >= 0.3 is 0 Å². The van der Waals surface area contributed by atoms with E-state index in [1.165, 1.54) is 10.6 Å². The second-order valence-electron chi connectivity index (χ2n) is 9.90. The molecular formula is C21H36N4O6S. The van der Waals surface area contributed by atoms with E-state index in [4.69, 9.17) is 14.0 Å². The fourth-order valence-corrected chi connectivity index (χ4v) is 4.75. The fourth-order valence-electron chi connectivity index (χ4n) is 3.86. The average Bonchev–Trinajstić information content (AvgIpc) is 3.37. The van der Waals surface area contributed by atoms with Crippen molar-refractivity contribution >= 4 is 21.8 Å². The lowest BCUT2D eigenvalue weighted by Crippen LogP contribution is -2.54. The topological polar surface area (TPSA) is 123 Å². The Bertz CT molecular complexity index is 892. The fraction of sp³-hybridized carbons (Fsp3) is 0.810. The third kappa shape index (κ3) is 6.50. The van der Waals surface area contributed by atoms with Crippen molar-refractivity contribution in [2.75, 3.05) is 37.9 Å². The van der Waals surface area contributed by atoms with Crippen LogP contribution >= 0.6 is 0 Å². The summed E-state index contributed by atoms with van der Waals surface area (Å²) in [5.41, 5.74) is -0.670. The zero-order chi connectivity index (χ0) is 23.6. The lowest BCUT2D eigenvalue weighted by Gasteiger charge is -2.28. The van der Waals surface area contributed by atoms with Gasteiger partial charge in [0.15, 0.2) is 6.29 Å². The number of hydrogen-bond acceptors (Lipinski definition) is 8. The minimum absolute atomic E-state index is 0.103. The molecular weight excluding hydrogens is 436 g/mol. The van der Waals surface area contributed by atoms with Crippen molar-refractivity contribution in [1.29, 1.82) is 0 Å². The van der Waals surface area contributed by atoms with Gasteiger partial charge in [-0.1, -0.05) is 19.0 Å². The summed E-state index contributed by atoms with van der Waals surface area (Å²) >= 11 is 0. The molecule has 1 amide bonds. The lowest BCUT2D eigenvalue weighted by atomic mass is 9.90. The third-order valence-electron chi connectivity index (χ3n) is 5.96. The highest BCUT2D eigenvalue weighted by Gasteiger charge is 2.36. The van der Waals surface area contributed by atoms with Crippen molar-refractivity contribution in [2.45, 2.75) is 76.7 Å². The number of carbonyl (C=O) groups excluding carboxylic acids is 1. The molecule has 2 atom stereocenters. The quantitative estimate of drug-likeness (QED) is 0.558. The molecule has 1 unspecified atom stereocenters. The van der Waals surface area contributed by atoms with Gasteiger partial charge in [0.05, 0.1) is 24.1 Å². The Hall–Kier alpha value is -1.53. The molecule has 2 fully saturated rings. The van der Waals surface area contributed by atoms with Crippen molar-refractivity contribution < 1.29 is 27.2 Å². The Morgan fingerprint density at radius 1 is 1.28 bits per heavy atom. The average molecular weight is 473 g/mol. The molecule has 1 aromatic rings. The largest absolute Gasteiger partial charge is 0.353 e. The molecule has 10 nitrogen and oxygen atoms in total. The summed E-state index contributed by atoms with van der Waals surface area (Å²) < 4.78 is 41.7. The van der Waals surface area contributed by atoms with Crippen molar-refractivity contribution in [3.63, 3.8) is 0 Å². The minimum Gasteiger partial charge on any atom is -0.353 e. The molecule has 0 radical (unpaired) electrons. The first kappa shape index (κ1) is 25.1. The highest BCUT2D eigenvalue weighted by molar-refractivity contribution is 7.88. The van der Waals surface area contributed by atoms with Gasteiger partial charge in [0.25, 0.3) is 0 Å². The summed E-state index contributed by atoms with van der Waals surface area (Å²) in [7, 11) is -3.23. The molecule has 0 aromatic carbocycles. The predicted octanol–water partition coefficient (Wildman–Crippen LogP) is 1.84. The number of sulfonamides is 1. The first-order valence-corrected chi connectivity index (χ1v) is 13.0. The van der Waals surface area contributed by atoms with Crippen LogP contribution in [0.15, 0.2) is 10.6 Å². The Labute approximate surface area is 190 Å². The van der Waals surface area contributed by atoms with Gasteiger partial charge in [0.1, 0.15) is 0 Å². The first-order valence-electron chi connectivity index (χ1n) is 11.1. The molecule has 1 aromatic heterocycles. The summed E-state index contributed by atoms with van der Waals surface area (Å²) in [5.74, 6) is -0.0336. The Morgan fingerprint density at radius 2 is 2.03 bits per heavy atom. The second-order valence-corrected chi connectivity index (χ2v) is 11.9. The molecule has 0 spiro atoms. The van der Waals surface area contributed by atoms with E-state index in [1.54, 1.807) is 19.9 Å². The van der Waals surface area contributed by atoms with Crippen LogP contribution in [0.3, 0.4) is 0 Å². The monoisotopic (exact) mass is 472 g/mol. The summed E-state index contributed by atoms with van der Waals surface area (Å²) in [6, 6.07) is 1.61. The number of carbonyl (C=O) groups is 1. The number of amides is 1. The standard InChI is InChI=1S/C21H36N4O6S/c1-20(2,14-30-18-8-6-7-11-29-18)16-12-17(31-24-16)22-19(26)21(3,4)23-15-9-10-25(13-15)32(5,27)28/h12,15,18,23H,6-11,13-14H2,1-5H3,(H,22,26)/t15-,18?/m1/s1. The molecule has 3 rings (SSSR count). The summed E-state index contributed by atoms with van der Waals surface area (Å²) in [6.07, 6.45) is 4.72. The van der Waals surface area contributed by atoms with E-state index in [1.807, 2.05) is 13.8 Å². The van der Waals surface area contributed by atoms with Gasteiger partial charge < -0.3 is 14.0 Å². The van der Waals surface area contributed by atoms with Crippen LogP contribution < -0.4 is 10.6 Å². The van der Waals surface area contributed by atoms with Crippen LogP contribution in [0.1, 0.15) is 59.1 Å². The Morgan fingerprint density at radius 3 is 2.66 bits per heavy atom. The molecule has 182 valence electrons. The first-order chi connectivity index (χ1) is 14.9. The van der Waals surface area contributed by atoms with E-state index in [9.17, 15) is 13.2 Å². The Balaban J connectivity index is 1.53. The highest BCUT2D eigenvalue weighted by Crippen LogP contribution is 2.27. The molecule has 11 heteroatoms. The molecule has 0 aliphatic carbocycles. The summed E-state index contributed by atoms with van der Waals surface area (Å²) in [5, 5.41) is 10.1. The predicted molar refractivity (Wildman–Crippen MR) is 120 cm³/mol. The van der Waals surface area contributed by atoms with Gasteiger partial charge in [-0.3, -0.25) is 15.4 Å². The van der Waals surface area contributed by atoms with Gasteiger partial charge in [-0.15, -0.1) is 0 Å². The minimum atomic E-state index is -3.23. The SMILES string of the molecule is CC(C)(N[C@@H]1CCN(S(C)(=O)=O)C1)C(=O)Nc1cc(C(C)(C)COC2CCCCO2)no1. The van der Waals surface area contributed by atoms with Crippen LogP contribution in [0.25, 0.3) is 0 Å². The maximum Gasteiger partial charge on any atom is 0.246 e. The van der Waals surface area contributed by atoms with E-state index >= 15 is 0 Å². The Kier molecular flexibility index (Phi) is 7.66. The number of hydrogen-bond donors (Lipinski definition) is 2. The van der Waals surface area contributed by atoms with Gasteiger partial charge in [-0.05, 0) is 39.5 Å². The number of rotatable bonds is 9. The summed E-state index contributed by atoms with van der Waals surface area (Å²) in [4.78, 5) is 12.9. The van der Waals surface area contributed by atoms with Crippen LogP contribution in [0.2, 0.25) is 0 Å². The highest BCUT2D eigenvalue weighted by atomic mass is 32.2. The second kappa shape index (κ2) is 9.76. The van der Waals surface area contributed by atoms with Crippen molar-refractivity contribution in [3.05, 3.63) is 11.8 Å². The van der Waals surface area contributed by atoms with E-state index in [0.29, 0.717) is 31.8 Å². The molecule has 0 saturated carbocycles. The van der Waals surface area contributed by atoms with Crippen LogP contribution in [-0.2, 0) is 29.7 Å².